The molecule has 1 nitrogen and oxygen atoms in total. The first-order valence-corrected chi connectivity index (χ1v) is 6.32. The number of hydrogen-bond donors (Lipinski definition) is 0. The van der Waals surface area contributed by atoms with Crippen molar-refractivity contribution in [2.45, 2.75) is 27.7 Å². The molecule has 1 heterocycles. The van der Waals surface area contributed by atoms with Crippen molar-refractivity contribution < 1.29 is 0 Å². The lowest BCUT2D eigenvalue weighted by Crippen LogP contribution is -1.93. The average molecular weight is 239 g/mol. The summed E-state index contributed by atoms with van der Waals surface area (Å²) >= 11 is 0. The van der Waals surface area contributed by atoms with E-state index >= 15 is 0 Å². The molecule has 0 bridgehead atoms. The van der Waals surface area contributed by atoms with Gasteiger partial charge in [0.05, 0.1) is 11.2 Å². The molecule has 0 aliphatic heterocycles. The van der Waals surface area contributed by atoms with Gasteiger partial charge in [-0.1, -0.05) is 45.2 Å². The first-order chi connectivity index (χ1) is 8.63. The first kappa shape index (κ1) is 14.2. The first-order valence-electron chi connectivity index (χ1n) is 6.32. The van der Waals surface area contributed by atoms with Gasteiger partial charge in [-0.2, -0.15) is 0 Å². The molecule has 1 heteroatoms. The van der Waals surface area contributed by atoms with Crippen molar-refractivity contribution in [2.24, 2.45) is 0 Å². The normalized spacial score (nSPS) is 9.56. The zero-order valence-corrected chi connectivity index (χ0v) is 11.7. The van der Waals surface area contributed by atoms with E-state index in [1.807, 2.05) is 39.0 Å². The summed E-state index contributed by atoms with van der Waals surface area (Å²) < 4.78 is 0. The van der Waals surface area contributed by atoms with Gasteiger partial charge in [-0.25, -0.2) is 4.98 Å². The molecule has 0 saturated heterocycles. The maximum absolute atomic E-state index is 4.64. The standard InChI is InChI=1S/C15H15N.C2H6/c1-5-12-9-13-11(4)7-6-8-14(13)16-15(12)10(2)3;1-2/h5-9H,1-2H2,3-4H3;1-2H3. The molecule has 0 unspecified atom stereocenters. The van der Waals surface area contributed by atoms with E-state index in [-0.39, 0.29) is 0 Å². The Labute approximate surface area is 110 Å². The van der Waals surface area contributed by atoms with Crippen molar-refractivity contribution in [3.63, 3.8) is 0 Å². The third-order valence-corrected chi connectivity index (χ3v) is 2.73. The van der Waals surface area contributed by atoms with Gasteiger partial charge >= 0.3 is 0 Å². The summed E-state index contributed by atoms with van der Waals surface area (Å²) in [6, 6.07) is 8.29. The van der Waals surface area contributed by atoms with Crippen LogP contribution in [-0.2, 0) is 0 Å². The van der Waals surface area contributed by atoms with Crippen LogP contribution >= 0.6 is 0 Å². The summed E-state index contributed by atoms with van der Waals surface area (Å²) in [6.45, 7) is 15.8. The molecule has 94 valence electrons. The lowest BCUT2D eigenvalue weighted by atomic mass is 10.0. The fraction of sp³-hybridized carbons (Fsp3) is 0.235. The summed E-state index contributed by atoms with van der Waals surface area (Å²) in [6.07, 6.45) is 1.84. The minimum absolute atomic E-state index is 0.938. The Morgan fingerprint density at radius 1 is 1.28 bits per heavy atom. The maximum atomic E-state index is 4.64. The van der Waals surface area contributed by atoms with Crippen LogP contribution in [0.3, 0.4) is 0 Å². The van der Waals surface area contributed by atoms with Gasteiger partial charge in [0, 0.05) is 10.9 Å². The van der Waals surface area contributed by atoms with Crippen molar-refractivity contribution in [3.05, 3.63) is 54.2 Å². The van der Waals surface area contributed by atoms with E-state index in [0.29, 0.717) is 0 Å². The zero-order chi connectivity index (χ0) is 13.7. The number of aryl methyl sites for hydroxylation is 1. The summed E-state index contributed by atoms with van der Waals surface area (Å²) in [7, 11) is 0. The maximum Gasteiger partial charge on any atom is 0.0732 e. The largest absolute Gasteiger partial charge is 0.248 e. The molecule has 0 aliphatic carbocycles. The number of benzene rings is 1. The van der Waals surface area contributed by atoms with E-state index in [1.165, 1.54) is 10.9 Å². The third-order valence-electron chi connectivity index (χ3n) is 2.73. The number of aromatic nitrogens is 1. The van der Waals surface area contributed by atoms with E-state index in [4.69, 9.17) is 0 Å². The highest BCUT2D eigenvalue weighted by atomic mass is 14.7. The van der Waals surface area contributed by atoms with Gasteiger partial charge in [0.15, 0.2) is 0 Å². The lowest BCUT2D eigenvalue weighted by molar-refractivity contribution is 1.31. The highest BCUT2D eigenvalue weighted by Gasteiger charge is 2.06. The second-order valence-electron chi connectivity index (χ2n) is 4.05. The number of hydrogen-bond acceptors (Lipinski definition) is 1. The average Bonchev–Trinajstić information content (AvgIpc) is 2.40. The Morgan fingerprint density at radius 2 is 1.94 bits per heavy atom. The quantitative estimate of drug-likeness (QED) is 0.698. The molecule has 18 heavy (non-hydrogen) atoms. The van der Waals surface area contributed by atoms with Crippen LogP contribution in [0.1, 0.15) is 37.6 Å². The minimum atomic E-state index is 0.938. The van der Waals surface area contributed by atoms with E-state index in [0.717, 1.165) is 22.3 Å². The monoisotopic (exact) mass is 239 g/mol. The molecule has 1 aromatic heterocycles. The van der Waals surface area contributed by atoms with E-state index in [1.54, 1.807) is 0 Å². The van der Waals surface area contributed by atoms with Crippen molar-refractivity contribution in [2.75, 3.05) is 0 Å². The lowest BCUT2D eigenvalue weighted by Gasteiger charge is -2.08. The van der Waals surface area contributed by atoms with Gasteiger partial charge in [0.1, 0.15) is 0 Å². The van der Waals surface area contributed by atoms with Gasteiger partial charge in [-0.3, -0.25) is 0 Å². The van der Waals surface area contributed by atoms with Crippen molar-refractivity contribution >= 4 is 22.6 Å². The highest BCUT2D eigenvalue weighted by Crippen LogP contribution is 2.24. The van der Waals surface area contributed by atoms with Gasteiger partial charge in [-0.15, -0.1) is 0 Å². The van der Waals surface area contributed by atoms with Crippen molar-refractivity contribution in [1.29, 1.82) is 0 Å². The number of nitrogens with zero attached hydrogens (tertiary/aromatic N) is 1. The van der Waals surface area contributed by atoms with Crippen LogP contribution in [-0.4, -0.2) is 4.98 Å². The third kappa shape index (κ3) is 2.67. The summed E-state index contributed by atoms with van der Waals surface area (Å²) in [5, 5.41) is 1.18. The Kier molecular flexibility index (Phi) is 4.85. The molecule has 0 aliphatic rings. The van der Waals surface area contributed by atoms with Crippen LogP contribution in [0.5, 0.6) is 0 Å². The zero-order valence-electron chi connectivity index (χ0n) is 11.7. The van der Waals surface area contributed by atoms with Crippen LogP contribution in [0.15, 0.2) is 37.4 Å². The van der Waals surface area contributed by atoms with Gasteiger partial charge < -0.3 is 0 Å². The molecular weight excluding hydrogens is 218 g/mol. The van der Waals surface area contributed by atoms with Crippen molar-refractivity contribution in [3.8, 4) is 0 Å². The summed E-state index contributed by atoms with van der Waals surface area (Å²) in [5.41, 5.74) is 5.21. The van der Waals surface area contributed by atoms with Crippen LogP contribution < -0.4 is 0 Å². The molecule has 0 spiro atoms. The molecule has 0 saturated carbocycles. The van der Waals surface area contributed by atoms with E-state index < -0.39 is 0 Å². The highest BCUT2D eigenvalue weighted by molar-refractivity contribution is 5.87. The summed E-state index contributed by atoms with van der Waals surface area (Å²) in [4.78, 5) is 4.64. The summed E-state index contributed by atoms with van der Waals surface area (Å²) in [5.74, 6) is 0. The second-order valence-corrected chi connectivity index (χ2v) is 4.05. The Morgan fingerprint density at radius 3 is 2.50 bits per heavy atom. The van der Waals surface area contributed by atoms with Crippen LogP contribution in [0.2, 0.25) is 0 Å². The Bertz CT molecular complexity index is 579. The predicted molar refractivity (Wildman–Crippen MR) is 82.6 cm³/mol. The molecule has 1 aromatic carbocycles. The van der Waals surface area contributed by atoms with Crippen molar-refractivity contribution in [1.82, 2.24) is 4.98 Å². The van der Waals surface area contributed by atoms with E-state index in [2.05, 4.69) is 37.2 Å². The van der Waals surface area contributed by atoms with E-state index in [9.17, 15) is 0 Å². The molecule has 0 atom stereocenters. The van der Waals surface area contributed by atoms with Crippen LogP contribution in [0.4, 0.5) is 0 Å². The number of rotatable bonds is 2. The molecule has 0 fully saturated rings. The minimum Gasteiger partial charge on any atom is -0.248 e. The van der Waals surface area contributed by atoms with Gasteiger partial charge in [0.2, 0.25) is 0 Å². The molecular formula is C17H21N. The van der Waals surface area contributed by atoms with Gasteiger partial charge in [-0.05, 0) is 37.1 Å². The Balaban J connectivity index is 0.000000771. The molecule has 0 radical (unpaired) electrons. The fourth-order valence-electron chi connectivity index (χ4n) is 1.86. The molecule has 0 N–H and O–H groups in total. The number of pyridine rings is 1. The Hall–Kier alpha value is -1.89. The SMILES string of the molecule is C=Cc1cc2c(C)cccc2nc1C(=C)C.CC. The predicted octanol–water partition coefficient (Wildman–Crippen LogP) is 5.25. The smallest absolute Gasteiger partial charge is 0.0732 e. The second kappa shape index (κ2) is 6.15. The van der Waals surface area contributed by atoms with Gasteiger partial charge in [0.25, 0.3) is 0 Å². The fourth-order valence-corrected chi connectivity index (χ4v) is 1.86. The number of fused-ring (bicyclic) bond motifs is 1. The molecule has 2 rings (SSSR count). The topological polar surface area (TPSA) is 12.9 Å². The molecule has 2 aromatic rings. The number of allylic oxidation sites excluding steroid dienone is 1. The van der Waals surface area contributed by atoms with Crippen LogP contribution in [0.25, 0.3) is 22.6 Å². The van der Waals surface area contributed by atoms with Crippen LogP contribution in [0, 0.1) is 6.92 Å². The molecule has 0 amide bonds.